The topological polar surface area (TPSA) is 78.4 Å². The summed E-state index contributed by atoms with van der Waals surface area (Å²) in [5.41, 5.74) is 1.28. The average Bonchev–Trinajstić information content (AvgIpc) is 2.59. The predicted molar refractivity (Wildman–Crippen MR) is 84.6 cm³/mol. The van der Waals surface area contributed by atoms with Crippen LogP contribution in [0.2, 0.25) is 0 Å². The Hall–Kier alpha value is -2.47. The van der Waals surface area contributed by atoms with Gasteiger partial charge in [-0.15, -0.1) is 0 Å². The maximum atomic E-state index is 12.2. The van der Waals surface area contributed by atoms with Gasteiger partial charge in [0.05, 0.1) is 11.7 Å². The predicted octanol–water partition coefficient (Wildman–Crippen LogP) is 1.71. The molecule has 0 saturated carbocycles. The van der Waals surface area contributed by atoms with Crippen molar-refractivity contribution in [1.29, 1.82) is 0 Å². The Bertz CT molecular complexity index is 601. The van der Waals surface area contributed by atoms with E-state index in [2.05, 4.69) is 15.3 Å². The van der Waals surface area contributed by atoms with Gasteiger partial charge in [0.1, 0.15) is 0 Å². The van der Waals surface area contributed by atoms with Crippen LogP contribution in [0.15, 0.2) is 42.7 Å². The maximum absolute atomic E-state index is 12.2. The molecule has 0 saturated heterocycles. The number of nitrogens with zero attached hydrogens (tertiary/aromatic N) is 3. The van der Waals surface area contributed by atoms with Gasteiger partial charge in [-0.3, -0.25) is 4.79 Å². The minimum atomic E-state index is -0.584. The summed E-state index contributed by atoms with van der Waals surface area (Å²) in [4.78, 5) is 21.8. The van der Waals surface area contributed by atoms with Gasteiger partial charge in [0, 0.05) is 33.0 Å². The fourth-order valence-corrected chi connectivity index (χ4v) is 2.05. The third-order valence-corrected chi connectivity index (χ3v) is 3.39. The van der Waals surface area contributed by atoms with E-state index in [-0.39, 0.29) is 5.91 Å². The van der Waals surface area contributed by atoms with E-state index >= 15 is 0 Å². The molecule has 0 aliphatic heterocycles. The van der Waals surface area contributed by atoms with Crippen LogP contribution in [-0.4, -0.2) is 46.5 Å². The van der Waals surface area contributed by atoms with Crippen molar-refractivity contribution in [3.8, 4) is 0 Å². The van der Waals surface area contributed by atoms with E-state index in [9.17, 15) is 9.90 Å². The monoisotopic (exact) mass is 300 g/mol. The van der Waals surface area contributed by atoms with E-state index in [0.29, 0.717) is 24.5 Å². The number of aliphatic hydroxyl groups is 1. The highest BCUT2D eigenvalue weighted by Gasteiger charge is 2.15. The lowest BCUT2D eigenvalue weighted by molar-refractivity contribution is 0.0760. The van der Waals surface area contributed by atoms with Crippen LogP contribution in [0.5, 0.6) is 0 Å². The second-order valence-corrected chi connectivity index (χ2v) is 4.99. The second-order valence-electron chi connectivity index (χ2n) is 4.99. The molecule has 0 fully saturated rings. The molecule has 1 aromatic carbocycles. The molecule has 6 nitrogen and oxygen atoms in total. The van der Waals surface area contributed by atoms with E-state index in [4.69, 9.17) is 0 Å². The molecule has 0 radical (unpaired) electrons. The standard InChI is InChI=1S/C16H20N4O2/c1-17-16-18-10-13(11-19-16)15(22)20(2)9-8-14(21)12-6-4-3-5-7-12/h3-7,10-11,14,21H,8-9H2,1-2H3,(H,17,18,19). The number of carbonyl (C=O) groups is 1. The van der Waals surface area contributed by atoms with Gasteiger partial charge in [-0.2, -0.15) is 0 Å². The molecule has 2 N–H and O–H groups in total. The minimum Gasteiger partial charge on any atom is -0.388 e. The fourth-order valence-electron chi connectivity index (χ4n) is 2.05. The number of anilines is 1. The van der Waals surface area contributed by atoms with E-state index in [0.717, 1.165) is 5.56 Å². The molecule has 2 rings (SSSR count). The molecule has 1 amide bonds. The van der Waals surface area contributed by atoms with Crippen molar-refractivity contribution in [2.24, 2.45) is 0 Å². The molecular weight excluding hydrogens is 280 g/mol. The highest BCUT2D eigenvalue weighted by atomic mass is 16.3. The van der Waals surface area contributed by atoms with Crippen LogP contribution in [0.25, 0.3) is 0 Å². The summed E-state index contributed by atoms with van der Waals surface area (Å²) in [5, 5.41) is 12.9. The largest absolute Gasteiger partial charge is 0.388 e. The minimum absolute atomic E-state index is 0.164. The zero-order chi connectivity index (χ0) is 15.9. The summed E-state index contributed by atoms with van der Waals surface area (Å²) in [7, 11) is 3.42. The normalized spacial score (nSPS) is 11.8. The summed E-state index contributed by atoms with van der Waals surface area (Å²) >= 11 is 0. The van der Waals surface area contributed by atoms with Gasteiger partial charge in [0.25, 0.3) is 5.91 Å². The molecular formula is C16H20N4O2. The number of aliphatic hydroxyl groups excluding tert-OH is 1. The maximum Gasteiger partial charge on any atom is 0.256 e. The van der Waals surface area contributed by atoms with E-state index in [1.807, 2.05) is 30.3 Å². The summed E-state index contributed by atoms with van der Waals surface area (Å²) in [6, 6.07) is 9.41. The zero-order valence-electron chi connectivity index (χ0n) is 12.7. The lowest BCUT2D eigenvalue weighted by atomic mass is 10.1. The number of aromatic nitrogens is 2. The Labute approximate surface area is 129 Å². The van der Waals surface area contributed by atoms with Gasteiger partial charge in [0.2, 0.25) is 5.95 Å². The Morgan fingerprint density at radius 3 is 2.50 bits per heavy atom. The van der Waals surface area contributed by atoms with Crippen molar-refractivity contribution >= 4 is 11.9 Å². The first kappa shape index (κ1) is 15.9. The number of hydrogen-bond donors (Lipinski definition) is 2. The zero-order valence-corrected chi connectivity index (χ0v) is 12.7. The molecule has 0 bridgehead atoms. The van der Waals surface area contributed by atoms with Gasteiger partial charge in [0.15, 0.2) is 0 Å². The third kappa shape index (κ3) is 4.02. The van der Waals surface area contributed by atoms with Crippen molar-refractivity contribution in [3.05, 3.63) is 53.9 Å². The summed E-state index contributed by atoms with van der Waals surface area (Å²) in [6.45, 7) is 0.447. The van der Waals surface area contributed by atoms with E-state index in [1.54, 1.807) is 19.0 Å². The molecule has 0 spiro atoms. The number of rotatable bonds is 6. The van der Waals surface area contributed by atoms with Crippen LogP contribution in [0.4, 0.5) is 5.95 Å². The fraction of sp³-hybridized carbons (Fsp3) is 0.312. The van der Waals surface area contributed by atoms with E-state index in [1.165, 1.54) is 12.4 Å². The molecule has 1 atom stereocenters. The van der Waals surface area contributed by atoms with Crippen molar-refractivity contribution in [2.75, 3.05) is 26.0 Å². The van der Waals surface area contributed by atoms with Gasteiger partial charge in [-0.25, -0.2) is 9.97 Å². The first-order valence-corrected chi connectivity index (χ1v) is 7.10. The molecule has 22 heavy (non-hydrogen) atoms. The quantitative estimate of drug-likeness (QED) is 0.849. The molecule has 116 valence electrons. The smallest absolute Gasteiger partial charge is 0.256 e. The number of amides is 1. The van der Waals surface area contributed by atoms with Crippen LogP contribution in [0.1, 0.15) is 28.4 Å². The van der Waals surface area contributed by atoms with Crippen molar-refractivity contribution in [1.82, 2.24) is 14.9 Å². The molecule has 0 aliphatic carbocycles. The summed E-state index contributed by atoms with van der Waals surface area (Å²) in [6.07, 6.45) is 2.87. The van der Waals surface area contributed by atoms with Gasteiger partial charge in [-0.1, -0.05) is 30.3 Å². The Morgan fingerprint density at radius 2 is 1.91 bits per heavy atom. The van der Waals surface area contributed by atoms with Crippen LogP contribution in [0, 0.1) is 0 Å². The number of carbonyl (C=O) groups excluding carboxylic acids is 1. The second kappa shape index (κ2) is 7.51. The molecule has 1 aromatic heterocycles. The number of hydrogen-bond acceptors (Lipinski definition) is 5. The Kier molecular flexibility index (Phi) is 5.43. The van der Waals surface area contributed by atoms with Crippen molar-refractivity contribution in [2.45, 2.75) is 12.5 Å². The molecule has 6 heteroatoms. The van der Waals surface area contributed by atoms with Gasteiger partial charge < -0.3 is 15.3 Å². The summed E-state index contributed by atoms with van der Waals surface area (Å²) < 4.78 is 0. The highest BCUT2D eigenvalue weighted by molar-refractivity contribution is 5.93. The SMILES string of the molecule is CNc1ncc(C(=O)N(C)CCC(O)c2ccccc2)cn1. The van der Waals surface area contributed by atoms with Crippen molar-refractivity contribution in [3.63, 3.8) is 0 Å². The van der Waals surface area contributed by atoms with Gasteiger partial charge >= 0.3 is 0 Å². The first-order chi connectivity index (χ1) is 10.6. The van der Waals surface area contributed by atoms with Crippen LogP contribution >= 0.6 is 0 Å². The van der Waals surface area contributed by atoms with Crippen LogP contribution in [-0.2, 0) is 0 Å². The Balaban J connectivity index is 1.91. The van der Waals surface area contributed by atoms with Crippen molar-refractivity contribution < 1.29 is 9.90 Å². The molecule has 0 aliphatic rings. The van der Waals surface area contributed by atoms with Crippen LogP contribution in [0.3, 0.4) is 0 Å². The lowest BCUT2D eigenvalue weighted by Crippen LogP contribution is -2.29. The Morgan fingerprint density at radius 1 is 1.27 bits per heavy atom. The lowest BCUT2D eigenvalue weighted by Gasteiger charge is -2.19. The summed E-state index contributed by atoms with van der Waals surface area (Å²) in [5.74, 6) is 0.307. The third-order valence-electron chi connectivity index (χ3n) is 3.39. The van der Waals surface area contributed by atoms with E-state index < -0.39 is 6.10 Å². The number of benzene rings is 1. The van der Waals surface area contributed by atoms with Gasteiger partial charge in [-0.05, 0) is 12.0 Å². The van der Waals surface area contributed by atoms with Crippen LogP contribution < -0.4 is 5.32 Å². The molecule has 2 aromatic rings. The highest BCUT2D eigenvalue weighted by Crippen LogP contribution is 2.16. The molecule has 1 unspecified atom stereocenters. The average molecular weight is 300 g/mol. The first-order valence-electron chi connectivity index (χ1n) is 7.10. The molecule has 1 heterocycles. The number of nitrogens with one attached hydrogen (secondary N) is 1.